The summed E-state index contributed by atoms with van der Waals surface area (Å²) in [5.74, 6) is -0.178. The van der Waals surface area contributed by atoms with Crippen molar-refractivity contribution in [3.05, 3.63) is 29.8 Å². The molecule has 1 rings (SSSR count). The summed E-state index contributed by atoms with van der Waals surface area (Å²) in [5.41, 5.74) is 2.04. The smallest absolute Gasteiger partial charge is 0.243 e. The Balaban J connectivity index is 2.54. The van der Waals surface area contributed by atoms with E-state index in [-0.39, 0.29) is 18.5 Å². The summed E-state index contributed by atoms with van der Waals surface area (Å²) in [7, 11) is 0. The molecule has 1 atom stereocenters. The number of carbonyl (C=O) groups excluding carboxylic acids is 1. The second-order valence-electron chi connectivity index (χ2n) is 3.61. The Morgan fingerprint density at radius 1 is 1.56 bits per heavy atom. The molecule has 16 heavy (non-hydrogen) atoms. The van der Waals surface area contributed by atoms with Gasteiger partial charge in [0.1, 0.15) is 12.6 Å². The molecule has 1 amide bonds. The zero-order valence-corrected chi connectivity index (χ0v) is 9.45. The number of benzene rings is 1. The number of nitrogens with one attached hydrogen (secondary N) is 2. The highest BCUT2D eigenvalue weighted by Crippen LogP contribution is 2.10. The van der Waals surface area contributed by atoms with Gasteiger partial charge in [-0.1, -0.05) is 12.1 Å². The van der Waals surface area contributed by atoms with Crippen molar-refractivity contribution < 1.29 is 4.79 Å². The van der Waals surface area contributed by atoms with Gasteiger partial charge in [0.05, 0.1) is 6.07 Å². The minimum atomic E-state index is -0.352. The largest absolute Gasteiger partial charge is 0.374 e. The summed E-state index contributed by atoms with van der Waals surface area (Å²) in [4.78, 5) is 11.5. The number of rotatable bonds is 4. The highest BCUT2D eigenvalue weighted by atomic mass is 16.2. The van der Waals surface area contributed by atoms with Gasteiger partial charge in [-0.05, 0) is 31.5 Å². The molecule has 1 aromatic rings. The number of carbonyl (C=O) groups is 1. The van der Waals surface area contributed by atoms with Crippen LogP contribution in [0.3, 0.4) is 0 Å². The summed E-state index contributed by atoms with van der Waals surface area (Å²) >= 11 is 0. The van der Waals surface area contributed by atoms with Gasteiger partial charge in [0, 0.05) is 5.69 Å². The van der Waals surface area contributed by atoms with Gasteiger partial charge >= 0.3 is 0 Å². The van der Waals surface area contributed by atoms with Crippen LogP contribution >= 0.6 is 0 Å². The molecule has 0 aliphatic rings. The average molecular weight is 217 g/mol. The van der Waals surface area contributed by atoms with E-state index < -0.39 is 0 Å². The number of hydrogen-bond acceptors (Lipinski definition) is 3. The van der Waals surface area contributed by atoms with Gasteiger partial charge in [-0.3, -0.25) is 4.79 Å². The van der Waals surface area contributed by atoms with Gasteiger partial charge in [-0.2, -0.15) is 5.26 Å². The lowest BCUT2D eigenvalue weighted by molar-refractivity contribution is -0.121. The standard InChI is InChI=1S/C12H15N3O/c1-9-4-3-5-11(8-9)15-10(2)12(16)14-7-6-13/h3-5,8,10,15H,7H2,1-2H3,(H,14,16). The Kier molecular flexibility index (Phi) is 4.34. The van der Waals surface area contributed by atoms with Gasteiger partial charge in [0.25, 0.3) is 0 Å². The maximum absolute atomic E-state index is 11.5. The maximum atomic E-state index is 11.5. The van der Waals surface area contributed by atoms with Crippen LogP contribution in [-0.4, -0.2) is 18.5 Å². The molecule has 2 N–H and O–H groups in total. The second kappa shape index (κ2) is 5.76. The molecule has 84 valence electrons. The third-order valence-corrected chi connectivity index (χ3v) is 2.14. The lowest BCUT2D eigenvalue weighted by Crippen LogP contribution is -2.37. The van der Waals surface area contributed by atoms with Gasteiger partial charge in [0.2, 0.25) is 5.91 Å². The van der Waals surface area contributed by atoms with Crippen LogP contribution in [0.4, 0.5) is 5.69 Å². The van der Waals surface area contributed by atoms with E-state index in [1.54, 1.807) is 6.92 Å². The molecule has 1 aromatic carbocycles. The molecule has 4 heteroatoms. The quantitative estimate of drug-likeness (QED) is 0.750. The van der Waals surface area contributed by atoms with Gasteiger partial charge in [0.15, 0.2) is 0 Å². The van der Waals surface area contributed by atoms with E-state index in [1.165, 1.54) is 0 Å². The van der Waals surface area contributed by atoms with E-state index in [0.717, 1.165) is 11.3 Å². The normalized spacial score (nSPS) is 11.3. The van der Waals surface area contributed by atoms with Crippen molar-refractivity contribution in [3.8, 4) is 6.07 Å². The second-order valence-corrected chi connectivity index (χ2v) is 3.61. The minimum absolute atomic E-state index is 0.0403. The number of nitrogens with zero attached hydrogens (tertiary/aromatic N) is 1. The molecule has 0 radical (unpaired) electrons. The summed E-state index contributed by atoms with van der Waals surface area (Å²) in [5, 5.41) is 13.9. The Bertz CT molecular complexity index is 409. The average Bonchev–Trinajstić information content (AvgIpc) is 2.25. The fraction of sp³-hybridized carbons (Fsp3) is 0.333. The highest BCUT2D eigenvalue weighted by molar-refractivity contribution is 5.84. The van der Waals surface area contributed by atoms with Crippen LogP contribution < -0.4 is 10.6 Å². The van der Waals surface area contributed by atoms with Crippen LogP contribution in [0, 0.1) is 18.3 Å². The monoisotopic (exact) mass is 217 g/mol. The molecule has 0 heterocycles. The van der Waals surface area contributed by atoms with Crippen LogP contribution in [0.2, 0.25) is 0 Å². The Labute approximate surface area is 95.3 Å². The van der Waals surface area contributed by atoms with Crippen molar-refractivity contribution in [1.82, 2.24) is 5.32 Å². The molecule has 0 aromatic heterocycles. The SMILES string of the molecule is Cc1cccc(NC(C)C(=O)NCC#N)c1. The number of hydrogen-bond donors (Lipinski definition) is 2. The van der Waals surface area contributed by atoms with E-state index in [1.807, 2.05) is 37.3 Å². The molecule has 0 saturated carbocycles. The molecule has 0 aliphatic heterocycles. The summed E-state index contributed by atoms with van der Waals surface area (Å²) in [6.07, 6.45) is 0. The molecule has 0 bridgehead atoms. The first-order chi connectivity index (χ1) is 7.63. The maximum Gasteiger partial charge on any atom is 0.243 e. The van der Waals surface area contributed by atoms with Gasteiger partial charge < -0.3 is 10.6 Å². The van der Waals surface area contributed by atoms with Crippen LogP contribution in [0.15, 0.2) is 24.3 Å². The van der Waals surface area contributed by atoms with Crippen molar-refractivity contribution in [2.45, 2.75) is 19.9 Å². The first-order valence-electron chi connectivity index (χ1n) is 5.11. The topological polar surface area (TPSA) is 64.9 Å². The molecule has 0 aliphatic carbocycles. The number of anilines is 1. The van der Waals surface area contributed by atoms with E-state index in [9.17, 15) is 4.79 Å². The lowest BCUT2D eigenvalue weighted by Gasteiger charge is -2.14. The van der Waals surface area contributed by atoms with E-state index in [0.29, 0.717) is 0 Å². The summed E-state index contributed by atoms with van der Waals surface area (Å²) < 4.78 is 0. The van der Waals surface area contributed by atoms with Gasteiger partial charge in [-0.15, -0.1) is 0 Å². The van der Waals surface area contributed by atoms with Gasteiger partial charge in [-0.25, -0.2) is 0 Å². The molecule has 0 spiro atoms. The molecule has 0 fully saturated rings. The first-order valence-corrected chi connectivity index (χ1v) is 5.11. The molecular formula is C12H15N3O. The van der Waals surface area contributed by atoms with Crippen LogP contribution in [-0.2, 0) is 4.79 Å². The molecule has 1 unspecified atom stereocenters. The van der Waals surface area contributed by atoms with E-state index in [4.69, 9.17) is 5.26 Å². The van der Waals surface area contributed by atoms with Crippen molar-refractivity contribution in [3.63, 3.8) is 0 Å². The first kappa shape index (κ1) is 12.1. The predicted octanol–water partition coefficient (Wildman–Crippen LogP) is 1.44. The van der Waals surface area contributed by atoms with Crippen molar-refractivity contribution in [2.75, 3.05) is 11.9 Å². The fourth-order valence-corrected chi connectivity index (χ4v) is 1.33. The van der Waals surface area contributed by atoms with Crippen molar-refractivity contribution >= 4 is 11.6 Å². The lowest BCUT2D eigenvalue weighted by atomic mass is 10.2. The number of amides is 1. The molecule has 4 nitrogen and oxygen atoms in total. The Hall–Kier alpha value is -2.02. The van der Waals surface area contributed by atoms with Crippen LogP contribution in [0.1, 0.15) is 12.5 Å². The third kappa shape index (κ3) is 3.62. The summed E-state index contributed by atoms with van der Waals surface area (Å²) in [6.45, 7) is 3.79. The van der Waals surface area contributed by atoms with Crippen LogP contribution in [0.25, 0.3) is 0 Å². The Morgan fingerprint density at radius 3 is 2.94 bits per heavy atom. The zero-order chi connectivity index (χ0) is 12.0. The van der Waals surface area contributed by atoms with E-state index >= 15 is 0 Å². The van der Waals surface area contributed by atoms with Crippen LogP contribution in [0.5, 0.6) is 0 Å². The zero-order valence-electron chi connectivity index (χ0n) is 9.45. The van der Waals surface area contributed by atoms with Crippen molar-refractivity contribution in [1.29, 1.82) is 5.26 Å². The number of aryl methyl sites for hydroxylation is 1. The number of nitriles is 1. The van der Waals surface area contributed by atoms with E-state index in [2.05, 4.69) is 10.6 Å². The molecule has 0 saturated heterocycles. The third-order valence-electron chi connectivity index (χ3n) is 2.14. The highest BCUT2D eigenvalue weighted by Gasteiger charge is 2.11. The fourth-order valence-electron chi connectivity index (χ4n) is 1.33. The predicted molar refractivity (Wildman–Crippen MR) is 62.9 cm³/mol. The Morgan fingerprint density at radius 2 is 2.31 bits per heavy atom. The van der Waals surface area contributed by atoms with Crippen molar-refractivity contribution in [2.24, 2.45) is 0 Å². The summed E-state index contributed by atoms with van der Waals surface area (Å²) in [6, 6.07) is 9.31. The minimum Gasteiger partial charge on any atom is -0.374 e. The molecular weight excluding hydrogens is 202 g/mol.